The molecule has 0 amide bonds. The molecule has 1 atom stereocenters. The van der Waals surface area contributed by atoms with Gasteiger partial charge >= 0.3 is 0 Å². The van der Waals surface area contributed by atoms with Crippen LogP contribution in [0.5, 0.6) is 5.75 Å². The van der Waals surface area contributed by atoms with E-state index in [0.717, 1.165) is 23.7 Å². The number of benzene rings is 1. The van der Waals surface area contributed by atoms with E-state index in [4.69, 9.17) is 10.5 Å². The van der Waals surface area contributed by atoms with Crippen LogP contribution in [-0.4, -0.2) is 21.9 Å². The molecule has 0 radical (unpaired) electrons. The normalized spacial score (nSPS) is 14.1. The van der Waals surface area contributed by atoms with E-state index in [2.05, 4.69) is 10.1 Å². The van der Waals surface area contributed by atoms with Gasteiger partial charge in [0.2, 0.25) is 0 Å². The van der Waals surface area contributed by atoms with Crippen LogP contribution in [0.1, 0.15) is 25.2 Å². The second-order valence-electron chi connectivity index (χ2n) is 4.79. The van der Waals surface area contributed by atoms with Crippen molar-refractivity contribution in [3.8, 4) is 5.75 Å². The minimum atomic E-state index is -0.549. The summed E-state index contributed by atoms with van der Waals surface area (Å²) in [5.41, 5.74) is 6.89. The van der Waals surface area contributed by atoms with Crippen LogP contribution < -0.4 is 10.5 Å². The summed E-state index contributed by atoms with van der Waals surface area (Å²) in [4.78, 5) is 4.28. The van der Waals surface area contributed by atoms with Gasteiger partial charge in [-0.15, -0.1) is 0 Å². The molecule has 2 aromatic rings. The summed E-state index contributed by atoms with van der Waals surface area (Å²) >= 11 is 0. The minimum absolute atomic E-state index is 0.549. The van der Waals surface area contributed by atoms with Gasteiger partial charge in [0, 0.05) is 24.1 Å². The van der Waals surface area contributed by atoms with Gasteiger partial charge in [-0.3, -0.25) is 4.68 Å². The molecule has 0 spiro atoms. The molecule has 0 aliphatic rings. The summed E-state index contributed by atoms with van der Waals surface area (Å²) in [7, 11) is 1.66. The van der Waals surface area contributed by atoms with E-state index < -0.39 is 5.54 Å². The van der Waals surface area contributed by atoms with Crippen molar-refractivity contribution < 1.29 is 4.74 Å². The fourth-order valence-electron chi connectivity index (χ4n) is 2.23. The Kier molecular flexibility index (Phi) is 3.85. The quantitative estimate of drug-likeness (QED) is 0.889. The number of aryl methyl sites for hydroxylation is 1. The number of nitrogens with two attached hydrogens (primary N) is 1. The Bertz CT molecular complexity index is 548. The molecule has 0 aliphatic carbocycles. The number of aromatic nitrogens is 3. The molecule has 0 aliphatic heterocycles. The second kappa shape index (κ2) is 5.40. The first kappa shape index (κ1) is 13.5. The minimum Gasteiger partial charge on any atom is -0.496 e. The van der Waals surface area contributed by atoms with Crippen LogP contribution in [0.3, 0.4) is 0 Å². The van der Waals surface area contributed by atoms with Gasteiger partial charge in [-0.1, -0.05) is 18.2 Å². The molecule has 102 valence electrons. The highest BCUT2D eigenvalue weighted by Crippen LogP contribution is 2.30. The van der Waals surface area contributed by atoms with E-state index in [0.29, 0.717) is 6.42 Å². The summed E-state index contributed by atoms with van der Waals surface area (Å²) in [6.07, 6.45) is 2.18. The van der Waals surface area contributed by atoms with Crippen molar-refractivity contribution in [2.45, 2.75) is 32.4 Å². The molecule has 1 aromatic heterocycles. The summed E-state index contributed by atoms with van der Waals surface area (Å²) in [5, 5.41) is 4.17. The molecule has 0 fully saturated rings. The van der Waals surface area contributed by atoms with Gasteiger partial charge in [0.15, 0.2) is 0 Å². The van der Waals surface area contributed by atoms with Gasteiger partial charge in [0.25, 0.3) is 0 Å². The fraction of sp³-hybridized carbons (Fsp3) is 0.429. The van der Waals surface area contributed by atoms with Gasteiger partial charge in [0.05, 0.1) is 7.11 Å². The Morgan fingerprint density at radius 2 is 2.11 bits per heavy atom. The number of para-hydroxylation sites is 1. The van der Waals surface area contributed by atoms with Crippen molar-refractivity contribution in [2.24, 2.45) is 5.73 Å². The van der Waals surface area contributed by atoms with Crippen molar-refractivity contribution in [1.82, 2.24) is 14.8 Å². The summed E-state index contributed by atoms with van der Waals surface area (Å²) < 4.78 is 7.25. The van der Waals surface area contributed by atoms with Gasteiger partial charge in [0.1, 0.15) is 17.9 Å². The first-order valence-corrected chi connectivity index (χ1v) is 6.37. The third kappa shape index (κ3) is 2.76. The molecule has 0 saturated heterocycles. The number of nitrogens with zero attached hydrogens (tertiary/aromatic N) is 3. The monoisotopic (exact) mass is 260 g/mol. The number of hydrogen-bond acceptors (Lipinski definition) is 4. The Hall–Kier alpha value is -1.88. The van der Waals surface area contributed by atoms with E-state index in [1.165, 1.54) is 0 Å². The van der Waals surface area contributed by atoms with Crippen molar-refractivity contribution >= 4 is 0 Å². The number of methoxy groups -OCH3 is 1. The van der Waals surface area contributed by atoms with E-state index >= 15 is 0 Å². The van der Waals surface area contributed by atoms with Crippen LogP contribution in [0, 0.1) is 0 Å². The van der Waals surface area contributed by atoms with Gasteiger partial charge in [-0.05, 0) is 19.9 Å². The van der Waals surface area contributed by atoms with Crippen molar-refractivity contribution in [2.75, 3.05) is 7.11 Å². The predicted octanol–water partition coefficient (Wildman–Crippen LogP) is 1.72. The third-order valence-corrected chi connectivity index (χ3v) is 3.24. The average molecular weight is 260 g/mol. The smallest absolute Gasteiger partial charge is 0.138 e. The van der Waals surface area contributed by atoms with Gasteiger partial charge in [-0.25, -0.2) is 4.98 Å². The zero-order chi connectivity index (χ0) is 13.9. The first-order valence-electron chi connectivity index (χ1n) is 6.37. The highest BCUT2D eigenvalue weighted by Gasteiger charge is 2.27. The van der Waals surface area contributed by atoms with E-state index in [9.17, 15) is 0 Å². The summed E-state index contributed by atoms with van der Waals surface area (Å²) in [6, 6.07) is 7.82. The van der Waals surface area contributed by atoms with Crippen LogP contribution in [-0.2, 0) is 18.5 Å². The largest absolute Gasteiger partial charge is 0.496 e. The lowest BCUT2D eigenvalue weighted by atomic mass is 9.88. The van der Waals surface area contributed by atoms with Crippen LogP contribution in [0.4, 0.5) is 0 Å². The second-order valence-corrected chi connectivity index (χ2v) is 4.79. The number of ether oxygens (including phenoxy) is 1. The van der Waals surface area contributed by atoms with Gasteiger partial charge in [-0.2, -0.15) is 5.10 Å². The highest BCUT2D eigenvalue weighted by molar-refractivity contribution is 5.39. The van der Waals surface area contributed by atoms with E-state index in [1.54, 1.807) is 13.4 Å². The Labute approximate surface area is 113 Å². The molecular weight excluding hydrogens is 240 g/mol. The molecule has 1 aromatic carbocycles. The van der Waals surface area contributed by atoms with Crippen molar-refractivity contribution in [1.29, 1.82) is 0 Å². The molecule has 1 unspecified atom stereocenters. The molecule has 1 heterocycles. The van der Waals surface area contributed by atoms with Crippen LogP contribution in [0.2, 0.25) is 0 Å². The predicted molar refractivity (Wildman–Crippen MR) is 73.9 cm³/mol. The first-order chi connectivity index (χ1) is 9.08. The van der Waals surface area contributed by atoms with Crippen LogP contribution >= 0.6 is 0 Å². The maximum Gasteiger partial charge on any atom is 0.138 e. The van der Waals surface area contributed by atoms with Gasteiger partial charge < -0.3 is 10.5 Å². The summed E-state index contributed by atoms with van der Waals surface area (Å²) in [5.74, 6) is 1.69. The lowest BCUT2D eigenvalue weighted by molar-refractivity contribution is 0.381. The molecular formula is C14H20N4O. The number of hydrogen-bond donors (Lipinski definition) is 1. The highest BCUT2D eigenvalue weighted by atomic mass is 16.5. The van der Waals surface area contributed by atoms with Crippen LogP contribution in [0.25, 0.3) is 0 Å². The maximum atomic E-state index is 6.47. The standard InChI is InChI=1S/C14H20N4O/c1-4-18-13(16-10-17-18)9-14(2,15)11-7-5-6-8-12(11)19-3/h5-8,10H,4,9,15H2,1-3H3. The van der Waals surface area contributed by atoms with Crippen molar-refractivity contribution in [3.63, 3.8) is 0 Å². The SMILES string of the molecule is CCn1ncnc1CC(C)(N)c1ccccc1OC. The molecule has 2 rings (SSSR count). The zero-order valence-electron chi connectivity index (χ0n) is 11.6. The third-order valence-electron chi connectivity index (χ3n) is 3.24. The molecule has 2 N–H and O–H groups in total. The number of rotatable bonds is 5. The average Bonchev–Trinajstić information content (AvgIpc) is 2.85. The Morgan fingerprint density at radius 3 is 2.79 bits per heavy atom. The topological polar surface area (TPSA) is 66.0 Å². The fourth-order valence-corrected chi connectivity index (χ4v) is 2.23. The summed E-state index contributed by atoms with van der Waals surface area (Å²) in [6.45, 7) is 4.81. The maximum absolute atomic E-state index is 6.47. The molecule has 5 heteroatoms. The lowest BCUT2D eigenvalue weighted by Crippen LogP contribution is -2.37. The lowest BCUT2D eigenvalue weighted by Gasteiger charge is -2.26. The van der Waals surface area contributed by atoms with E-state index in [1.807, 2.05) is 42.8 Å². The van der Waals surface area contributed by atoms with Crippen molar-refractivity contribution in [3.05, 3.63) is 42.0 Å². The Balaban J connectivity index is 2.32. The zero-order valence-corrected chi connectivity index (χ0v) is 11.6. The molecule has 0 saturated carbocycles. The van der Waals surface area contributed by atoms with Crippen LogP contribution in [0.15, 0.2) is 30.6 Å². The molecule has 19 heavy (non-hydrogen) atoms. The Morgan fingerprint density at radius 1 is 1.37 bits per heavy atom. The molecule has 0 bridgehead atoms. The van der Waals surface area contributed by atoms with E-state index in [-0.39, 0.29) is 0 Å². The molecule has 5 nitrogen and oxygen atoms in total.